The lowest BCUT2D eigenvalue weighted by molar-refractivity contribution is 0.427. The molecule has 1 aromatic rings. The molecule has 0 atom stereocenters. The van der Waals surface area contributed by atoms with Crippen LogP contribution in [0.1, 0.15) is 0 Å². The summed E-state index contributed by atoms with van der Waals surface area (Å²) in [5, 5.41) is 8.63. The molecule has 0 aliphatic heterocycles. The van der Waals surface area contributed by atoms with Gasteiger partial charge < -0.3 is 5.11 Å². The van der Waals surface area contributed by atoms with Crippen molar-refractivity contribution in [3.63, 3.8) is 0 Å². The first kappa shape index (κ1) is 6.48. The first-order valence-electron chi connectivity index (χ1n) is 2.20. The Bertz CT molecular complexity index is 208. The standard InChI is InChI=1S/C5H3BrFNO/c6-3-1-8-2-4(9)5(3)7/h1-2,9H. The van der Waals surface area contributed by atoms with E-state index in [2.05, 4.69) is 20.9 Å². The highest BCUT2D eigenvalue weighted by atomic mass is 79.9. The summed E-state index contributed by atoms with van der Waals surface area (Å²) in [5.74, 6) is -1.12. The summed E-state index contributed by atoms with van der Waals surface area (Å²) in [5.41, 5.74) is 0. The second-order valence-electron chi connectivity index (χ2n) is 1.45. The fourth-order valence-electron chi connectivity index (χ4n) is 0.409. The predicted octanol–water partition coefficient (Wildman–Crippen LogP) is 1.69. The quantitative estimate of drug-likeness (QED) is 0.678. The van der Waals surface area contributed by atoms with Gasteiger partial charge in [-0.15, -0.1) is 0 Å². The molecule has 0 saturated heterocycles. The lowest BCUT2D eigenvalue weighted by atomic mass is 10.4. The maximum atomic E-state index is 12.4. The summed E-state index contributed by atoms with van der Waals surface area (Å²) in [6, 6.07) is 0. The van der Waals surface area contributed by atoms with Crippen molar-refractivity contribution < 1.29 is 9.50 Å². The van der Waals surface area contributed by atoms with Crippen molar-refractivity contribution in [3.05, 3.63) is 22.7 Å². The smallest absolute Gasteiger partial charge is 0.182 e. The zero-order valence-corrected chi connectivity index (χ0v) is 5.89. The Balaban J connectivity index is 3.25. The van der Waals surface area contributed by atoms with Crippen LogP contribution in [0.2, 0.25) is 0 Å². The maximum Gasteiger partial charge on any atom is 0.182 e. The summed E-state index contributed by atoms with van der Waals surface area (Å²) < 4.78 is 12.6. The maximum absolute atomic E-state index is 12.4. The molecule has 0 spiro atoms. The molecule has 0 saturated carbocycles. The van der Waals surface area contributed by atoms with Crippen LogP contribution in [-0.4, -0.2) is 10.1 Å². The minimum atomic E-state index is -0.676. The monoisotopic (exact) mass is 191 g/mol. The lowest BCUT2D eigenvalue weighted by Gasteiger charge is -1.93. The van der Waals surface area contributed by atoms with E-state index in [0.29, 0.717) is 0 Å². The normalized spacial score (nSPS) is 9.56. The van der Waals surface area contributed by atoms with E-state index in [1.165, 1.54) is 6.20 Å². The van der Waals surface area contributed by atoms with E-state index in [9.17, 15) is 4.39 Å². The molecule has 1 N–H and O–H groups in total. The molecule has 0 unspecified atom stereocenters. The van der Waals surface area contributed by atoms with Crippen molar-refractivity contribution in [1.82, 2.24) is 4.98 Å². The van der Waals surface area contributed by atoms with Crippen molar-refractivity contribution in [2.75, 3.05) is 0 Å². The highest BCUT2D eigenvalue weighted by Gasteiger charge is 2.02. The molecular formula is C5H3BrFNO. The van der Waals surface area contributed by atoms with Crippen LogP contribution in [0.15, 0.2) is 16.9 Å². The predicted molar refractivity (Wildman–Crippen MR) is 33.6 cm³/mol. The van der Waals surface area contributed by atoms with Crippen molar-refractivity contribution in [1.29, 1.82) is 0 Å². The van der Waals surface area contributed by atoms with Crippen LogP contribution < -0.4 is 0 Å². The Labute approximate surface area is 59.5 Å². The third-order valence-electron chi connectivity index (χ3n) is 0.819. The molecular weight excluding hydrogens is 189 g/mol. The number of hydrogen-bond acceptors (Lipinski definition) is 2. The fraction of sp³-hybridized carbons (Fsp3) is 0. The molecule has 1 rings (SSSR count). The molecule has 4 heteroatoms. The largest absolute Gasteiger partial charge is 0.504 e. The minimum Gasteiger partial charge on any atom is -0.504 e. The van der Waals surface area contributed by atoms with E-state index in [1.54, 1.807) is 0 Å². The summed E-state index contributed by atoms with van der Waals surface area (Å²) in [4.78, 5) is 3.51. The van der Waals surface area contributed by atoms with Gasteiger partial charge in [0.05, 0.1) is 10.7 Å². The van der Waals surface area contributed by atoms with Gasteiger partial charge in [-0.05, 0) is 15.9 Å². The fourth-order valence-corrected chi connectivity index (χ4v) is 0.730. The van der Waals surface area contributed by atoms with Gasteiger partial charge in [-0.2, -0.15) is 0 Å². The van der Waals surface area contributed by atoms with Crippen LogP contribution in [0.4, 0.5) is 4.39 Å². The second-order valence-corrected chi connectivity index (χ2v) is 2.31. The molecule has 1 heterocycles. The van der Waals surface area contributed by atoms with Gasteiger partial charge in [-0.1, -0.05) is 0 Å². The van der Waals surface area contributed by atoms with Crippen LogP contribution in [0.3, 0.4) is 0 Å². The third-order valence-corrected chi connectivity index (χ3v) is 1.37. The molecule has 0 fully saturated rings. The van der Waals surface area contributed by atoms with E-state index < -0.39 is 11.6 Å². The summed E-state index contributed by atoms with van der Waals surface area (Å²) in [7, 11) is 0. The molecule has 1 aromatic heterocycles. The summed E-state index contributed by atoms with van der Waals surface area (Å²) in [6.45, 7) is 0. The highest BCUT2D eigenvalue weighted by Crippen LogP contribution is 2.20. The number of nitrogens with zero attached hydrogens (tertiary/aromatic N) is 1. The molecule has 0 amide bonds. The van der Waals surface area contributed by atoms with Crippen LogP contribution in [0.25, 0.3) is 0 Å². The Morgan fingerprint density at radius 3 is 2.67 bits per heavy atom. The molecule has 0 aliphatic carbocycles. The van der Waals surface area contributed by atoms with Crippen LogP contribution in [0.5, 0.6) is 5.75 Å². The van der Waals surface area contributed by atoms with Gasteiger partial charge in [0.25, 0.3) is 0 Å². The summed E-state index contributed by atoms with van der Waals surface area (Å²) in [6.07, 6.45) is 2.31. The van der Waals surface area contributed by atoms with Crippen LogP contribution in [0, 0.1) is 5.82 Å². The molecule has 0 aromatic carbocycles. The zero-order chi connectivity index (χ0) is 6.85. The molecule has 0 bridgehead atoms. The van der Waals surface area contributed by atoms with Gasteiger partial charge in [0, 0.05) is 6.20 Å². The highest BCUT2D eigenvalue weighted by molar-refractivity contribution is 9.10. The Kier molecular flexibility index (Phi) is 1.66. The first-order valence-corrected chi connectivity index (χ1v) is 2.99. The Morgan fingerprint density at radius 1 is 1.56 bits per heavy atom. The van der Waals surface area contributed by atoms with Gasteiger partial charge in [0.15, 0.2) is 11.6 Å². The number of pyridine rings is 1. The Hall–Kier alpha value is -0.640. The molecule has 9 heavy (non-hydrogen) atoms. The third kappa shape index (κ3) is 1.18. The van der Waals surface area contributed by atoms with E-state index in [4.69, 9.17) is 5.11 Å². The molecule has 0 radical (unpaired) electrons. The van der Waals surface area contributed by atoms with Gasteiger partial charge in [-0.3, -0.25) is 4.98 Å². The van der Waals surface area contributed by atoms with E-state index in [1.807, 2.05) is 0 Å². The van der Waals surface area contributed by atoms with Gasteiger partial charge in [-0.25, -0.2) is 4.39 Å². The number of halogens is 2. The van der Waals surface area contributed by atoms with E-state index in [0.717, 1.165) is 6.20 Å². The van der Waals surface area contributed by atoms with Crippen molar-refractivity contribution in [2.24, 2.45) is 0 Å². The molecule has 2 nitrogen and oxygen atoms in total. The van der Waals surface area contributed by atoms with Gasteiger partial charge in [0.1, 0.15) is 0 Å². The first-order chi connectivity index (χ1) is 4.22. The average Bonchev–Trinajstić information content (AvgIpc) is 1.83. The average molecular weight is 192 g/mol. The zero-order valence-electron chi connectivity index (χ0n) is 4.31. The topological polar surface area (TPSA) is 33.1 Å². The number of rotatable bonds is 0. The van der Waals surface area contributed by atoms with E-state index >= 15 is 0 Å². The number of hydrogen-bond donors (Lipinski definition) is 1. The molecule has 48 valence electrons. The SMILES string of the molecule is Oc1cncc(Br)c1F. The van der Waals surface area contributed by atoms with Crippen LogP contribution >= 0.6 is 15.9 Å². The number of aromatic hydroxyl groups is 1. The van der Waals surface area contributed by atoms with Gasteiger partial charge >= 0.3 is 0 Å². The molecule has 0 aliphatic rings. The van der Waals surface area contributed by atoms with Gasteiger partial charge in [0.2, 0.25) is 0 Å². The van der Waals surface area contributed by atoms with Crippen molar-refractivity contribution in [2.45, 2.75) is 0 Å². The number of aromatic nitrogens is 1. The Morgan fingerprint density at radius 2 is 2.22 bits per heavy atom. The van der Waals surface area contributed by atoms with Crippen molar-refractivity contribution >= 4 is 15.9 Å². The minimum absolute atomic E-state index is 0.169. The van der Waals surface area contributed by atoms with Crippen LogP contribution in [-0.2, 0) is 0 Å². The summed E-state index contributed by atoms with van der Waals surface area (Å²) >= 11 is 2.85. The van der Waals surface area contributed by atoms with E-state index in [-0.39, 0.29) is 4.47 Å². The van der Waals surface area contributed by atoms with Crippen molar-refractivity contribution in [3.8, 4) is 5.75 Å². The second kappa shape index (κ2) is 2.31. The lowest BCUT2D eigenvalue weighted by Crippen LogP contribution is -1.79.